The summed E-state index contributed by atoms with van der Waals surface area (Å²) in [5, 5.41) is 0. The van der Waals surface area contributed by atoms with Crippen molar-refractivity contribution in [3.63, 3.8) is 0 Å². The first-order chi connectivity index (χ1) is 35.8. The number of ether oxygens (including phenoxy) is 6. The van der Waals surface area contributed by atoms with E-state index in [4.69, 9.17) is 51.8 Å². The monoisotopic (exact) mass is 1220 g/mol. The van der Waals surface area contributed by atoms with Crippen LogP contribution < -0.4 is 18.1 Å². The summed E-state index contributed by atoms with van der Waals surface area (Å²) in [6.45, 7) is 28.3. The fourth-order valence-corrected chi connectivity index (χ4v) is 8.87. The van der Waals surface area contributed by atoms with E-state index in [0.717, 1.165) is 11.1 Å². The number of carbonyl (C=O) groups excluding carboxylic acids is 4. The van der Waals surface area contributed by atoms with E-state index >= 15 is 0 Å². The van der Waals surface area contributed by atoms with Crippen LogP contribution in [0, 0.1) is 33.1 Å². The number of esters is 4. The Balaban J connectivity index is 0.000000607. The Labute approximate surface area is 466 Å². The quantitative estimate of drug-likeness (QED) is 0.0201. The molecule has 0 bridgehead atoms. The van der Waals surface area contributed by atoms with Crippen LogP contribution in [0.4, 0.5) is 0 Å². The van der Waals surface area contributed by atoms with Gasteiger partial charge in [-0.25, -0.2) is 18.3 Å². The zero-order chi connectivity index (χ0) is 62.4. The van der Waals surface area contributed by atoms with Gasteiger partial charge in [-0.3, -0.25) is 58.3 Å². The number of hydrogen-bond donors (Lipinski definition) is 8. The zero-order valence-electron chi connectivity index (χ0n) is 48.0. The van der Waals surface area contributed by atoms with Crippen LogP contribution in [0.1, 0.15) is 142 Å². The predicted octanol–water partition coefficient (Wildman–Crippen LogP) is 8.78. The molecule has 26 nitrogen and oxygen atoms in total. The number of rotatable bonds is 22. The lowest BCUT2D eigenvalue weighted by Crippen LogP contribution is -2.27. The standard InChI is InChI=1S/C18H30O11P2.C18H29O7P.C14H19O8P/c1-11-8-13(28-30(20,21)22)15(12(2)16(11)29-31(23,24)25)18(6,7)9-14(19)26-10-27-17(3,4)5;1-12-8-13(2)16(14(9-12)25-26(20,21)22)18(6,7)10-15(19)23-11-24-17(3,4)5;1-14(2,3)13(16)21-9-20-12(15)8-10-4-6-11(7-5-10)22-23(17,18)19/h8H,9-10H2,1-7H3,(H2,20,21,22)(H2,23,24,25);8-9H,10-11H2,1-7H3,(H2,20,21,22);4-7H,8-9H2,1-3H3,(H2,17,18,19). The minimum atomic E-state index is -4.98. The average Bonchev–Trinajstić information content (AvgIpc) is 3.19. The number of carbonyl (C=O) groups is 4. The maximum absolute atomic E-state index is 12.4. The van der Waals surface area contributed by atoms with Crippen molar-refractivity contribution in [1.82, 2.24) is 0 Å². The van der Waals surface area contributed by atoms with Crippen LogP contribution in [0.3, 0.4) is 0 Å². The van der Waals surface area contributed by atoms with Crippen molar-refractivity contribution in [2.24, 2.45) is 5.41 Å². The van der Waals surface area contributed by atoms with E-state index in [1.165, 1.54) is 44.2 Å². The molecule has 3 rings (SSSR count). The van der Waals surface area contributed by atoms with E-state index in [-0.39, 0.29) is 72.5 Å². The number of aryl methyl sites for hydroxylation is 3. The third kappa shape index (κ3) is 29.8. The Morgan fingerprint density at radius 3 is 1.26 bits per heavy atom. The first kappa shape index (κ1) is 73.3. The van der Waals surface area contributed by atoms with Crippen LogP contribution in [0.5, 0.6) is 23.0 Å². The molecule has 3 aromatic rings. The van der Waals surface area contributed by atoms with Crippen molar-refractivity contribution >= 4 is 55.2 Å². The molecule has 0 heterocycles. The van der Waals surface area contributed by atoms with Crippen molar-refractivity contribution in [3.8, 4) is 23.0 Å². The number of phosphoric ester groups is 4. The molecule has 8 N–H and O–H groups in total. The molecule has 0 radical (unpaired) electrons. The molecular weight excluding hydrogens is 1140 g/mol. The van der Waals surface area contributed by atoms with Crippen LogP contribution in [-0.2, 0) is 83.1 Å². The number of benzene rings is 3. The van der Waals surface area contributed by atoms with Crippen molar-refractivity contribution in [2.75, 3.05) is 20.4 Å². The van der Waals surface area contributed by atoms with Gasteiger partial charge in [-0.15, -0.1) is 0 Å². The SMILES string of the molecule is CC(C)(C)C(=O)OCOC(=O)Cc1ccc(OP(=O)(O)O)cc1.Cc1cc(C)c(C(C)(C)CC(=O)OCOC(C)(C)C)c(OP(=O)(O)O)c1.Cc1cc(OP(=O)(O)O)c(C(C)(C)CC(=O)OCOC(C)(C)C)c(C)c1OP(=O)(O)O. The molecule has 454 valence electrons. The fourth-order valence-electron chi connectivity index (χ4n) is 7.16. The van der Waals surface area contributed by atoms with Crippen LogP contribution in [0.2, 0.25) is 0 Å². The van der Waals surface area contributed by atoms with E-state index in [2.05, 4.69) is 4.52 Å². The smallest absolute Gasteiger partial charge is 0.438 e. The number of phosphoric acid groups is 4. The molecule has 0 fully saturated rings. The minimum Gasteiger partial charge on any atom is -0.438 e. The van der Waals surface area contributed by atoms with E-state index in [1.54, 1.807) is 82.2 Å². The second-order valence-electron chi connectivity index (χ2n) is 22.3. The lowest BCUT2D eigenvalue weighted by Gasteiger charge is -2.30. The molecule has 0 aliphatic carbocycles. The largest absolute Gasteiger partial charge is 0.524 e. The molecular formula is C50H78O26P4. The Bertz CT molecular complexity index is 2800. The molecule has 0 aliphatic heterocycles. The molecule has 3 aromatic carbocycles. The van der Waals surface area contributed by atoms with Gasteiger partial charge in [-0.1, -0.05) is 45.9 Å². The van der Waals surface area contributed by atoms with Gasteiger partial charge in [0.15, 0.2) is 13.6 Å². The third-order valence-corrected chi connectivity index (χ3v) is 12.0. The first-order valence-corrected chi connectivity index (χ1v) is 30.2. The molecule has 30 heteroatoms. The van der Waals surface area contributed by atoms with Crippen LogP contribution in [-0.4, -0.2) is 94.6 Å². The Hall–Kier alpha value is -4.74. The molecule has 0 atom stereocenters. The maximum Gasteiger partial charge on any atom is 0.524 e. The maximum atomic E-state index is 12.4. The molecule has 0 unspecified atom stereocenters. The van der Waals surface area contributed by atoms with Gasteiger partial charge in [-0.2, -0.15) is 0 Å². The molecule has 0 spiro atoms. The Morgan fingerprint density at radius 2 is 0.863 bits per heavy atom. The van der Waals surface area contributed by atoms with Gasteiger partial charge >= 0.3 is 55.2 Å². The van der Waals surface area contributed by atoms with Crippen LogP contribution in [0.25, 0.3) is 0 Å². The Kier molecular flexibility index (Phi) is 26.5. The zero-order valence-corrected chi connectivity index (χ0v) is 51.6. The molecule has 0 saturated heterocycles. The highest BCUT2D eigenvalue weighted by Gasteiger charge is 2.36. The van der Waals surface area contributed by atoms with E-state index in [9.17, 15) is 66.8 Å². The molecule has 0 aliphatic rings. The van der Waals surface area contributed by atoms with Gasteiger partial charge in [0.2, 0.25) is 6.79 Å². The second-order valence-corrected chi connectivity index (χ2v) is 27.0. The molecule has 0 aromatic heterocycles. The molecule has 0 amide bonds. The van der Waals surface area contributed by atoms with Crippen molar-refractivity contribution in [1.29, 1.82) is 0 Å². The Morgan fingerprint density at radius 1 is 0.463 bits per heavy atom. The summed E-state index contributed by atoms with van der Waals surface area (Å²) < 4.78 is 94.2. The van der Waals surface area contributed by atoms with Crippen LogP contribution >= 0.6 is 31.3 Å². The van der Waals surface area contributed by atoms with Gasteiger partial charge < -0.3 is 46.5 Å². The summed E-state index contributed by atoms with van der Waals surface area (Å²) >= 11 is 0. The molecule has 0 saturated carbocycles. The third-order valence-electron chi connectivity index (χ3n) is 10.2. The number of hydrogen-bond acceptors (Lipinski definition) is 18. The predicted molar refractivity (Wildman–Crippen MR) is 288 cm³/mol. The highest BCUT2D eigenvalue weighted by molar-refractivity contribution is 7.47. The van der Waals surface area contributed by atoms with E-state index in [0.29, 0.717) is 11.1 Å². The van der Waals surface area contributed by atoms with E-state index in [1.807, 2.05) is 33.8 Å². The highest BCUT2D eigenvalue weighted by atomic mass is 31.2. The van der Waals surface area contributed by atoms with Gasteiger partial charge in [0.25, 0.3) is 0 Å². The summed E-state index contributed by atoms with van der Waals surface area (Å²) in [7, 11) is -19.3. The van der Waals surface area contributed by atoms with Crippen molar-refractivity contribution in [2.45, 2.75) is 159 Å². The van der Waals surface area contributed by atoms with Crippen molar-refractivity contribution < 1.29 is 123 Å². The summed E-state index contributed by atoms with van der Waals surface area (Å²) in [5.41, 5.74) is -0.398. The summed E-state index contributed by atoms with van der Waals surface area (Å²) in [4.78, 5) is 120. The van der Waals surface area contributed by atoms with Gasteiger partial charge in [0, 0.05) is 22.0 Å². The topological polar surface area (TPSA) is 391 Å². The summed E-state index contributed by atoms with van der Waals surface area (Å²) in [6, 6.07) is 10.2. The van der Waals surface area contributed by atoms with Crippen LogP contribution in [0.15, 0.2) is 42.5 Å². The summed E-state index contributed by atoms with van der Waals surface area (Å²) in [6.07, 6.45) is -0.331. The van der Waals surface area contributed by atoms with Gasteiger partial charge in [0.1, 0.15) is 23.0 Å². The lowest BCUT2D eigenvalue weighted by molar-refractivity contribution is -0.173. The second kappa shape index (κ2) is 29.0. The average molecular weight is 1220 g/mol. The minimum absolute atomic E-state index is 0.00191. The lowest BCUT2D eigenvalue weighted by atomic mass is 9.78. The fraction of sp³-hybridized carbons (Fsp3) is 0.560. The van der Waals surface area contributed by atoms with Crippen molar-refractivity contribution in [3.05, 3.63) is 81.4 Å². The molecule has 80 heavy (non-hydrogen) atoms. The van der Waals surface area contributed by atoms with E-state index < -0.39 is 89.4 Å². The normalized spacial score (nSPS) is 12.6. The summed E-state index contributed by atoms with van der Waals surface area (Å²) in [5.74, 6) is -2.59. The van der Waals surface area contributed by atoms with Gasteiger partial charge in [0.05, 0.1) is 35.9 Å². The first-order valence-electron chi connectivity index (χ1n) is 24.1. The van der Waals surface area contributed by atoms with Gasteiger partial charge in [-0.05, 0) is 142 Å². The highest BCUT2D eigenvalue weighted by Crippen LogP contribution is 2.51.